The quantitative estimate of drug-likeness (QED) is 0.589. The lowest BCUT2D eigenvalue weighted by molar-refractivity contribution is -0.149. The highest BCUT2D eigenvalue weighted by atomic mass is 16.5. The van der Waals surface area contributed by atoms with Crippen molar-refractivity contribution in [2.45, 2.75) is 32.6 Å². The summed E-state index contributed by atoms with van der Waals surface area (Å²) in [5, 5.41) is 0. The van der Waals surface area contributed by atoms with E-state index >= 15 is 0 Å². The van der Waals surface area contributed by atoms with E-state index < -0.39 is 0 Å². The van der Waals surface area contributed by atoms with Gasteiger partial charge in [0.05, 0.1) is 12.5 Å². The molecule has 0 amide bonds. The molecule has 2 saturated carbocycles. The Hall–Kier alpha value is -0.530. The molecule has 2 aliphatic rings. The molecule has 2 bridgehead atoms. The largest absolute Gasteiger partial charge is 0.466 e. The van der Waals surface area contributed by atoms with Crippen molar-refractivity contribution < 1.29 is 9.53 Å². The maximum absolute atomic E-state index is 11.4. The van der Waals surface area contributed by atoms with E-state index in [1.54, 1.807) is 0 Å². The molecule has 0 radical (unpaired) electrons. The molecule has 2 fully saturated rings. The van der Waals surface area contributed by atoms with E-state index in [9.17, 15) is 4.79 Å². The minimum absolute atomic E-state index is 0.0599. The van der Waals surface area contributed by atoms with Gasteiger partial charge >= 0.3 is 5.97 Å². The van der Waals surface area contributed by atoms with Crippen molar-refractivity contribution in [3.05, 3.63) is 0 Å². The van der Waals surface area contributed by atoms with Gasteiger partial charge in [-0.25, -0.2) is 0 Å². The van der Waals surface area contributed by atoms with Crippen LogP contribution in [-0.4, -0.2) is 12.6 Å². The van der Waals surface area contributed by atoms with E-state index in [0.29, 0.717) is 12.5 Å². The van der Waals surface area contributed by atoms with E-state index in [1.807, 2.05) is 6.92 Å². The number of fused-ring (bicyclic) bond motifs is 2. The van der Waals surface area contributed by atoms with Crippen molar-refractivity contribution >= 4 is 5.97 Å². The molecule has 0 spiro atoms. The highest BCUT2D eigenvalue weighted by Gasteiger charge is 2.43. The Kier molecular flexibility index (Phi) is 2.07. The summed E-state index contributed by atoms with van der Waals surface area (Å²) in [6.07, 6.45) is 4.99. The molecular weight excluding hydrogens is 152 g/mol. The second kappa shape index (κ2) is 3.08. The van der Waals surface area contributed by atoms with E-state index in [1.165, 1.54) is 19.3 Å². The number of esters is 1. The Balaban J connectivity index is 1.93. The third kappa shape index (κ3) is 1.23. The third-order valence-corrected chi connectivity index (χ3v) is 3.33. The molecular formula is C10H16O2. The molecule has 0 aromatic heterocycles. The summed E-state index contributed by atoms with van der Waals surface area (Å²) in [6, 6.07) is 0. The molecule has 2 aliphatic carbocycles. The van der Waals surface area contributed by atoms with Crippen molar-refractivity contribution in [2.24, 2.45) is 17.8 Å². The Morgan fingerprint density at radius 1 is 1.42 bits per heavy atom. The zero-order valence-corrected chi connectivity index (χ0v) is 7.58. The van der Waals surface area contributed by atoms with Gasteiger partial charge in [0.15, 0.2) is 0 Å². The Labute approximate surface area is 73.3 Å². The van der Waals surface area contributed by atoms with Crippen molar-refractivity contribution in [1.82, 2.24) is 0 Å². The molecule has 12 heavy (non-hydrogen) atoms. The highest BCUT2D eigenvalue weighted by Crippen LogP contribution is 2.48. The Morgan fingerprint density at radius 2 is 2.25 bits per heavy atom. The van der Waals surface area contributed by atoms with Crippen molar-refractivity contribution in [1.29, 1.82) is 0 Å². The fourth-order valence-electron chi connectivity index (χ4n) is 2.78. The molecule has 68 valence electrons. The van der Waals surface area contributed by atoms with E-state index in [0.717, 1.165) is 12.3 Å². The fourth-order valence-corrected chi connectivity index (χ4v) is 2.78. The number of carbonyl (C=O) groups is 1. The van der Waals surface area contributed by atoms with Gasteiger partial charge in [0.2, 0.25) is 0 Å². The minimum atomic E-state index is 0.0599. The summed E-state index contributed by atoms with van der Waals surface area (Å²) < 4.78 is 5.04. The lowest BCUT2D eigenvalue weighted by atomic mass is 9.89. The summed E-state index contributed by atoms with van der Waals surface area (Å²) in [5.41, 5.74) is 0. The molecule has 0 N–H and O–H groups in total. The number of hydrogen-bond acceptors (Lipinski definition) is 2. The van der Waals surface area contributed by atoms with E-state index in [4.69, 9.17) is 4.74 Å². The molecule has 0 saturated heterocycles. The number of rotatable bonds is 2. The zero-order chi connectivity index (χ0) is 8.55. The number of carbonyl (C=O) groups excluding carboxylic acids is 1. The predicted molar refractivity (Wildman–Crippen MR) is 45.6 cm³/mol. The van der Waals surface area contributed by atoms with Crippen LogP contribution in [0.4, 0.5) is 0 Å². The lowest BCUT2D eigenvalue weighted by Crippen LogP contribution is -2.23. The van der Waals surface area contributed by atoms with Gasteiger partial charge in [-0.1, -0.05) is 6.42 Å². The fraction of sp³-hybridized carbons (Fsp3) is 0.900. The van der Waals surface area contributed by atoms with Crippen LogP contribution in [0.3, 0.4) is 0 Å². The first-order valence-electron chi connectivity index (χ1n) is 4.98. The van der Waals surface area contributed by atoms with Crippen molar-refractivity contribution in [2.75, 3.05) is 6.61 Å². The normalized spacial score (nSPS) is 38.6. The van der Waals surface area contributed by atoms with Crippen LogP contribution < -0.4 is 0 Å². The smallest absolute Gasteiger partial charge is 0.309 e. The van der Waals surface area contributed by atoms with Crippen LogP contribution in [0.15, 0.2) is 0 Å². The topological polar surface area (TPSA) is 26.3 Å². The summed E-state index contributed by atoms with van der Waals surface area (Å²) in [4.78, 5) is 11.4. The standard InChI is InChI=1S/C10H16O2/c1-2-12-10(11)9-6-7-3-4-8(9)5-7/h7-9H,2-6H2,1H3/t7-,8+,9+/m0/s1. The first-order valence-corrected chi connectivity index (χ1v) is 4.98. The van der Waals surface area contributed by atoms with Crippen molar-refractivity contribution in [3.8, 4) is 0 Å². The van der Waals surface area contributed by atoms with Crippen LogP contribution in [0.5, 0.6) is 0 Å². The monoisotopic (exact) mass is 168 g/mol. The van der Waals surface area contributed by atoms with Gasteiger partial charge in [-0.3, -0.25) is 4.79 Å². The maximum Gasteiger partial charge on any atom is 0.309 e. The van der Waals surface area contributed by atoms with Crippen LogP contribution in [-0.2, 0) is 9.53 Å². The average molecular weight is 168 g/mol. The van der Waals surface area contributed by atoms with Crippen molar-refractivity contribution in [3.63, 3.8) is 0 Å². The van der Waals surface area contributed by atoms with Crippen LogP contribution in [0, 0.1) is 17.8 Å². The van der Waals surface area contributed by atoms with Gasteiger partial charge in [-0.2, -0.15) is 0 Å². The minimum Gasteiger partial charge on any atom is -0.466 e. The molecule has 0 aliphatic heterocycles. The lowest BCUT2D eigenvalue weighted by Gasteiger charge is -2.19. The summed E-state index contributed by atoms with van der Waals surface area (Å²) in [5.74, 6) is 1.81. The van der Waals surface area contributed by atoms with Gasteiger partial charge in [0, 0.05) is 0 Å². The van der Waals surface area contributed by atoms with Crippen LogP contribution in [0.1, 0.15) is 32.6 Å². The highest BCUT2D eigenvalue weighted by molar-refractivity contribution is 5.73. The summed E-state index contributed by atoms with van der Waals surface area (Å²) in [7, 11) is 0. The first-order chi connectivity index (χ1) is 5.81. The molecule has 2 nitrogen and oxygen atoms in total. The molecule has 0 aromatic rings. The van der Waals surface area contributed by atoms with Gasteiger partial charge in [-0.05, 0) is 38.0 Å². The SMILES string of the molecule is CCOC(=O)[C@@H]1C[C@H]2CC[C@@H]1C2. The molecule has 0 aromatic carbocycles. The Morgan fingerprint density at radius 3 is 2.75 bits per heavy atom. The van der Waals surface area contributed by atoms with E-state index in [-0.39, 0.29) is 11.9 Å². The maximum atomic E-state index is 11.4. The van der Waals surface area contributed by atoms with Crippen LogP contribution in [0.2, 0.25) is 0 Å². The molecule has 2 heteroatoms. The number of hydrogen-bond donors (Lipinski definition) is 0. The predicted octanol–water partition coefficient (Wildman–Crippen LogP) is 1.99. The number of ether oxygens (including phenoxy) is 1. The van der Waals surface area contributed by atoms with Crippen LogP contribution >= 0.6 is 0 Å². The second-order valence-corrected chi connectivity index (χ2v) is 4.03. The van der Waals surface area contributed by atoms with Gasteiger partial charge < -0.3 is 4.74 Å². The zero-order valence-electron chi connectivity index (χ0n) is 7.58. The molecule has 0 unspecified atom stereocenters. The van der Waals surface area contributed by atoms with Gasteiger partial charge in [-0.15, -0.1) is 0 Å². The molecule has 2 rings (SSSR count). The first kappa shape index (κ1) is 8.09. The molecule has 3 atom stereocenters. The van der Waals surface area contributed by atoms with E-state index in [2.05, 4.69) is 0 Å². The van der Waals surface area contributed by atoms with Gasteiger partial charge in [0.1, 0.15) is 0 Å². The van der Waals surface area contributed by atoms with Crippen LogP contribution in [0.25, 0.3) is 0 Å². The second-order valence-electron chi connectivity index (χ2n) is 4.03. The summed E-state index contributed by atoms with van der Waals surface area (Å²) in [6.45, 7) is 2.41. The summed E-state index contributed by atoms with van der Waals surface area (Å²) >= 11 is 0. The molecule has 0 heterocycles. The average Bonchev–Trinajstić information content (AvgIpc) is 2.64. The third-order valence-electron chi connectivity index (χ3n) is 3.33. The Bertz CT molecular complexity index is 188. The van der Waals surface area contributed by atoms with Gasteiger partial charge in [0.25, 0.3) is 0 Å².